The van der Waals surface area contributed by atoms with Gasteiger partial charge in [0.1, 0.15) is 9.77 Å². The van der Waals surface area contributed by atoms with Gasteiger partial charge in [0.25, 0.3) is 0 Å². The number of thiophene rings is 1. The average molecular weight is 260 g/mol. The van der Waals surface area contributed by atoms with Crippen LogP contribution in [0.4, 0.5) is 0 Å². The predicted molar refractivity (Wildman–Crippen MR) is 56.8 cm³/mol. The molecule has 0 atom stereocenters. The molecule has 0 aliphatic carbocycles. The van der Waals surface area contributed by atoms with Crippen LogP contribution in [0.3, 0.4) is 0 Å². The van der Waals surface area contributed by atoms with Gasteiger partial charge in [0.15, 0.2) is 0 Å². The molecule has 1 rings (SSSR count). The summed E-state index contributed by atoms with van der Waals surface area (Å²) in [5.74, 6) is -1.30. The van der Waals surface area contributed by atoms with Crippen LogP contribution < -0.4 is 4.72 Å². The second kappa shape index (κ2) is 4.61. The summed E-state index contributed by atoms with van der Waals surface area (Å²) in [7, 11) is -3.93. The molecule has 0 saturated heterocycles. The number of aryl methyl sites for hydroxylation is 1. The fourth-order valence-electron chi connectivity index (χ4n) is 1.11. The number of carboxylic acids is 1. The van der Waals surface area contributed by atoms with E-state index in [0.717, 1.165) is 11.3 Å². The summed E-state index contributed by atoms with van der Waals surface area (Å²) >= 11 is 0.843. The minimum Gasteiger partial charge on any atom is -0.477 e. The summed E-state index contributed by atoms with van der Waals surface area (Å²) in [6.07, 6.45) is 0. The highest BCUT2D eigenvalue weighted by molar-refractivity contribution is 7.89. The molecule has 0 saturated carbocycles. The maximum absolute atomic E-state index is 11.7. The third-order valence-corrected chi connectivity index (χ3v) is 4.53. The summed E-state index contributed by atoms with van der Waals surface area (Å²) in [5, 5.41) is 18.6. The van der Waals surface area contributed by atoms with E-state index in [2.05, 4.69) is 0 Å². The fraction of sp³-hybridized carbons (Fsp3) is 0.250. The van der Waals surface area contributed by atoms with Gasteiger partial charge in [-0.25, -0.2) is 13.2 Å². The van der Waals surface area contributed by atoms with Crippen molar-refractivity contribution in [3.63, 3.8) is 0 Å². The van der Waals surface area contributed by atoms with E-state index in [4.69, 9.17) is 10.4 Å². The van der Waals surface area contributed by atoms with Crippen molar-refractivity contribution in [2.24, 2.45) is 0 Å². The number of hydrogen-bond acceptors (Lipinski definition) is 5. The van der Waals surface area contributed by atoms with Crippen molar-refractivity contribution in [1.82, 2.24) is 4.72 Å². The molecule has 86 valence electrons. The molecule has 0 aliphatic rings. The largest absolute Gasteiger partial charge is 0.477 e. The number of nitriles is 1. The van der Waals surface area contributed by atoms with Crippen LogP contribution in [0, 0.1) is 18.3 Å². The van der Waals surface area contributed by atoms with Crippen molar-refractivity contribution < 1.29 is 18.3 Å². The highest BCUT2D eigenvalue weighted by Gasteiger charge is 2.26. The molecule has 0 spiro atoms. The SMILES string of the molecule is Cc1csc(C(=O)O)c1S(=O)(=O)NCC#N. The maximum Gasteiger partial charge on any atom is 0.347 e. The van der Waals surface area contributed by atoms with Crippen molar-refractivity contribution in [2.45, 2.75) is 11.8 Å². The number of sulfonamides is 1. The summed E-state index contributed by atoms with van der Waals surface area (Å²) in [4.78, 5) is 10.3. The lowest BCUT2D eigenvalue weighted by molar-refractivity contribution is 0.0698. The molecular weight excluding hydrogens is 252 g/mol. The van der Waals surface area contributed by atoms with Crippen LogP contribution >= 0.6 is 11.3 Å². The first-order valence-corrected chi connectivity index (χ1v) is 6.44. The third-order valence-electron chi connectivity index (χ3n) is 1.72. The molecule has 0 bridgehead atoms. The molecule has 8 heteroatoms. The van der Waals surface area contributed by atoms with E-state index < -0.39 is 22.5 Å². The monoisotopic (exact) mass is 260 g/mol. The first kappa shape index (κ1) is 12.6. The van der Waals surface area contributed by atoms with Gasteiger partial charge in [-0.1, -0.05) is 0 Å². The number of aromatic carboxylic acids is 1. The van der Waals surface area contributed by atoms with Crippen molar-refractivity contribution in [3.05, 3.63) is 15.8 Å². The van der Waals surface area contributed by atoms with Crippen LogP contribution in [0.2, 0.25) is 0 Å². The van der Waals surface area contributed by atoms with Gasteiger partial charge in [-0.2, -0.15) is 9.98 Å². The lowest BCUT2D eigenvalue weighted by atomic mass is 10.3. The summed E-state index contributed by atoms with van der Waals surface area (Å²) in [6.45, 7) is 1.11. The molecule has 0 unspecified atom stereocenters. The Morgan fingerprint density at radius 3 is 2.81 bits per heavy atom. The van der Waals surface area contributed by atoms with Gasteiger partial charge in [0.2, 0.25) is 10.0 Å². The average Bonchev–Trinajstić information content (AvgIpc) is 2.58. The van der Waals surface area contributed by atoms with Gasteiger partial charge < -0.3 is 5.11 Å². The Labute approximate surface area is 96.2 Å². The smallest absolute Gasteiger partial charge is 0.347 e. The molecule has 1 aromatic heterocycles. The fourth-order valence-corrected chi connectivity index (χ4v) is 3.66. The Morgan fingerprint density at radius 2 is 2.31 bits per heavy atom. The van der Waals surface area contributed by atoms with E-state index in [1.165, 1.54) is 12.3 Å². The minimum absolute atomic E-state index is 0.247. The van der Waals surface area contributed by atoms with Gasteiger partial charge in [-0.3, -0.25) is 0 Å². The number of rotatable bonds is 4. The van der Waals surface area contributed by atoms with Crippen molar-refractivity contribution in [3.8, 4) is 6.07 Å². The van der Waals surface area contributed by atoms with Crippen LogP contribution in [0.5, 0.6) is 0 Å². The number of hydrogen-bond donors (Lipinski definition) is 2. The molecule has 6 nitrogen and oxygen atoms in total. The second-order valence-corrected chi connectivity index (χ2v) is 5.45. The van der Waals surface area contributed by atoms with Gasteiger partial charge in [-0.05, 0) is 17.9 Å². The Morgan fingerprint density at radius 1 is 1.69 bits per heavy atom. The maximum atomic E-state index is 11.7. The Balaban J connectivity index is 3.28. The van der Waals surface area contributed by atoms with Gasteiger partial charge in [-0.15, -0.1) is 11.3 Å². The number of nitrogens with zero attached hydrogens (tertiary/aromatic N) is 1. The molecule has 0 fully saturated rings. The first-order chi connectivity index (χ1) is 7.40. The van der Waals surface area contributed by atoms with Crippen molar-refractivity contribution >= 4 is 27.3 Å². The zero-order valence-electron chi connectivity index (χ0n) is 8.22. The van der Waals surface area contributed by atoms with E-state index in [9.17, 15) is 13.2 Å². The lowest BCUT2D eigenvalue weighted by Gasteiger charge is -2.04. The molecular formula is C8H8N2O4S2. The van der Waals surface area contributed by atoms with Crippen LogP contribution in [0.25, 0.3) is 0 Å². The standard InChI is InChI=1S/C8H8N2O4S2/c1-5-4-15-6(8(11)12)7(5)16(13,14)10-3-2-9/h4,10H,3H2,1H3,(H,11,12). The van der Waals surface area contributed by atoms with E-state index in [0.29, 0.717) is 5.56 Å². The van der Waals surface area contributed by atoms with Crippen molar-refractivity contribution in [2.75, 3.05) is 6.54 Å². The third kappa shape index (κ3) is 2.38. The van der Waals surface area contributed by atoms with Crippen molar-refractivity contribution in [1.29, 1.82) is 5.26 Å². The first-order valence-electron chi connectivity index (χ1n) is 4.08. The number of carbonyl (C=O) groups is 1. The summed E-state index contributed by atoms with van der Waals surface area (Å²) in [6, 6.07) is 1.62. The molecule has 1 aromatic rings. The summed E-state index contributed by atoms with van der Waals surface area (Å²) in [5.41, 5.74) is 0.354. The highest BCUT2D eigenvalue weighted by atomic mass is 32.2. The zero-order chi connectivity index (χ0) is 12.3. The molecule has 2 N–H and O–H groups in total. The van der Waals surface area contributed by atoms with E-state index in [1.54, 1.807) is 6.07 Å². The molecule has 16 heavy (non-hydrogen) atoms. The van der Waals surface area contributed by atoms with Crippen LogP contribution in [-0.2, 0) is 10.0 Å². The summed E-state index contributed by atoms with van der Waals surface area (Å²) < 4.78 is 25.4. The van der Waals surface area contributed by atoms with Gasteiger partial charge in [0, 0.05) is 0 Å². The topological polar surface area (TPSA) is 107 Å². The Hall–Kier alpha value is -1.43. The molecule has 0 radical (unpaired) electrons. The highest BCUT2D eigenvalue weighted by Crippen LogP contribution is 2.26. The predicted octanol–water partition coefficient (Wildman–Crippen LogP) is 0.557. The zero-order valence-corrected chi connectivity index (χ0v) is 9.85. The molecule has 0 aliphatic heterocycles. The van der Waals surface area contributed by atoms with Gasteiger partial charge in [0.05, 0.1) is 12.6 Å². The van der Waals surface area contributed by atoms with Gasteiger partial charge >= 0.3 is 5.97 Å². The molecule has 0 amide bonds. The molecule has 0 aromatic carbocycles. The van der Waals surface area contributed by atoms with Crippen LogP contribution in [-0.4, -0.2) is 26.0 Å². The quantitative estimate of drug-likeness (QED) is 0.769. The normalized spacial score (nSPS) is 11.0. The lowest BCUT2D eigenvalue weighted by Crippen LogP contribution is -2.25. The Bertz CT molecular complexity index is 553. The van der Waals surface area contributed by atoms with Crippen LogP contribution in [0.1, 0.15) is 15.2 Å². The van der Waals surface area contributed by atoms with E-state index >= 15 is 0 Å². The minimum atomic E-state index is -3.93. The number of carboxylic acid groups (broad SMARTS) is 1. The van der Waals surface area contributed by atoms with E-state index in [1.807, 2.05) is 4.72 Å². The second-order valence-electron chi connectivity index (χ2n) is 2.86. The van der Waals surface area contributed by atoms with Crippen LogP contribution in [0.15, 0.2) is 10.3 Å². The Kier molecular flexibility index (Phi) is 3.64. The number of nitrogens with one attached hydrogen (secondary N) is 1. The van der Waals surface area contributed by atoms with E-state index in [-0.39, 0.29) is 9.77 Å². The molecule has 1 heterocycles.